The fraction of sp³-hybridized carbons (Fsp3) is 0.304. The molecule has 1 saturated heterocycles. The monoisotopic (exact) mass is 482 g/mol. The zero-order valence-corrected chi connectivity index (χ0v) is 18.8. The Bertz CT molecular complexity index is 1190. The average Bonchev–Trinajstić information content (AvgIpc) is 3.27. The third-order valence-corrected chi connectivity index (χ3v) is 6.38. The summed E-state index contributed by atoms with van der Waals surface area (Å²) in [5.74, 6) is 0.148. The summed E-state index contributed by atoms with van der Waals surface area (Å²) in [5.41, 5.74) is 4.54. The van der Waals surface area contributed by atoms with E-state index >= 15 is 0 Å². The summed E-state index contributed by atoms with van der Waals surface area (Å²) in [6.45, 7) is 4.61. The second kappa shape index (κ2) is 8.45. The Morgan fingerprint density at radius 3 is 2.81 bits per heavy atom. The Balaban J connectivity index is 1.50. The van der Waals surface area contributed by atoms with E-state index in [1.54, 1.807) is 4.57 Å². The van der Waals surface area contributed by atoms with Crippen LogP contribution in [-0.2, 0) is 16.6 Å². The summed E-state index contributed by atoms with van der Waals surface area (Å²) in [6, 6.07) is 13.7. The van der Waals surface area contributed by atoms with Crippen LogP contribution in [0.2, 0.25) is 0 Å². The number of hydrogen-bond donors (Lipinski definition) is 1. The summed E-state index contributed by atoms with van der Waals surface area (Å²) in [5, 5.41) is 16.4. The van der Waals surface area contributed by atoms with Crippen LogP contribution in [-0.4, -0.2) is 65.5 Å². The van der Waals surface area contributed by atoms with Crippen molar-refractivity contribution in [2.24, 2.45) is 17.2 Å². The molecule has 0 unspecified atom stereocenters. The molecular weight excluding hydrogens is 460 g/mol. The minimum absolute atomic E-state index is 0.148. The summed E-state index contributed by atoms with van der Waals surface area (Å²) in [7, 11) is 1.84. The zero-order chi connectivity index (χ0) is 21.4. The van der Waals surface area contributed by atoms with Crippen LogP contribution >= 0.6 is 15.9 Å². The lowest BCUT2D eigenvalue weighted by atomic mass is 10.0. The summed E-state index contributed by atoms with van der Waals surface area (Å²) < 4.78 is 8.06. The van der Waals surface area contributed by atoms with E-state index in [1.165, 1.54) is 0 Å². The van der Waals surface area contributed by atoms with Crippen LogP contribution in [0.3, 0.4) is 0 Å². The maximum absolute atomic E-state index is 11.0. The molecule has 0 radical (unpaired) electrons. The minimum atomic E-state index is 0.148. The molecule has 0 aliphatic carbocycles. The van der Waals surface area contributed by atoms with E-state index in [-0.39, 0.29) is 5.88 Å². The van der Waals surface area contributed by atoms with Crippen LogP contribution in [0.5, 0.6) is 5.88 Å². The van der Waals surface area contributed by atoms with Crippen molar-refractivity contribution in [1.82, 2.24) is 9.47 Å². The van der Waals surface area contributed by atoms with Crippen LogP contribution in [0.25, 0.3) is 10.9 Å². The van der Waals surface area contributed by atoms with Crippen LogP contribution < -0.4 is 0 Å². The highest BCUT2D eigenvalue weighted by Gasteiger charge is 2.30. The van der Waals surface area contributed by atoms with Gasteiger partial charge in [0.2, 0.25) is 5.88 Å². The quantitative estimate of drug-likeness (QED) is 0.443. The molecular formula is C23H23BrN4O3. The molecule has 1 fully saturated rings. The van der Waals surface area contributed by atoms with Gasteiger partial charge in [0.15, 0.2) is 0 Å². The first-order valence-electron chi connectivity index (χ1n) is 10.3. The van der Waals surface area contributed by atoms with Crippen LogP contribution in [0.4, 0.5) is 5.69 Å². The number of fused-ring (bicyclic) bond motifs is 2. The molecule has 0 saturated carbocycles. The van der Waals surface area contributed by atoms with E-state index < -0.39 is 0 Å². The predicted octanol–water partition coefficient (Wildman–Crippen LogP) is 3.83. The van der Waals surface area contributed by atoms with E-state index in [0.29, 0.717) is 23.6 Å². The Morgan fingerprint density at radius 1 is 1.16 bits per heavy atom. The lowest BCUT2D eigenvalue weighted by Gasteiger charge is -2.25. The van der Waals surface area contributed by atoms with E-state index in [9.17, 15) is 5.11 Å². The number of aliphatic imine (C=N–C) groups is 1. The van der Waals surface area contributed by atoms with Gasteiger partial charge in [-0.25, -0.2) is 4.99 Å². The molecule has 2 aromatic carbocycles. The van der Waals surface area contributed by atoms with Gasteiger partial charge in [-0.05, 0) is 28.1 Å². The van der Waals surface area contributed by atoms with Gasteiger partial charge in [-0.15, -0.1) is 0 Å². The molecule has 0 atom stereocenters. The number of nitrogens with zero attached hydrogens (tertiary/aromatic N) is 4. The van der Waals surface area contributed by atoms with Crippen LogP contribution in [0.15, 0.2) is 57.1 Å². The standard InChI is InChI=1S/C23H23BrN4O3/c1-27-22-16(6-4-7-17(22)24)19(23(27)29)21-20(15-5-2-3-8-18(15)25-21)26-31-14-11-28-9-12-30-13-10-28/h2-8,29H,9-14H2,1H3/b26-20+. The maximum Gasteiger partial charge on any atom is 0.201 e. The second-order valence-electron chi connectivity index (χ2n) is 7.60. The van der Waals surface area contributed by atoms with Crippen molar-refractivity contribution in [3.63, 3.8) is 0 Å². The van der Waals surface area contributed by atoms with Gasteiger partial charge < -0.3 is 19.2 Å². The highest BCUT2D eigenvalue weighted by atomic mass is 79.9. The third kappa shape index (κ3) is 3.64. The van der Waals surface area contributed by atoms with Crippen LogP contribution in [0, 0.1) is 0 Å². The molecule has 160 valence electrons. The van der Waals surface area contributed by atoms with E-state index in [2.05, 4.69) is 26.0 Å². The molecule has 0 amide bonds. The highest BCUT2D eigenvalue weighted by molar-refractivity contribution is 9.10. The molecule has 7 nitrogen and oxygen atoms in total. The molecule has 0 spiro atoms. The fourth-order valence-corrected chi connectivity index (χ4v) is 4.76. The predicted molar refractivity (Wildman–Crippen MR) is 125 cm³/mol. The van der Waals surface area contributed by atoms with E-state index in [4.69, 9.17) is 14.6 Å². The van der Waals surface area contributed by atoms with E-state index in [1.807, 2.05) is 49.5 Å². The van der Waals surface area contributed by atoms with Gasteiger partial charge in [-0.1, -0.05) is 35.5 Å². The number of para-hydroxylation sites is 2. The van der Waals surface area contributed by atoms with Crippen molar-refractivity contribution in [2.45, 2.75) is 0 Å². The number of halogens is 1. The fourth-order valence-electron chi connectivity index (χ4n) is 4.13. The molecule has 3 heterocycles. The minimum Gasteiger partial charge on any atom is -0.494 e. The number of benzene rings is 2. The molecule has 0 bridgehead atoms. The third-order valence-electron chi connectivity index (χ3n) is 5.74. The molecule has 31 heavy (non-hydrogen) atoms. The summed E-state index contributed by atoms with van der Waals surface area (Å²) in [6.07, 6.45) is 0. The molecule has 1 N–H and O–H groups in total. The molecule has 3 aromatic rings. The normalized spacial score (nSPS) is 17.9. The highest BCUT2D eigenvalue weighted by Crippen LogP contribution is 2.39. The van der Waals surface area contributed by atoms with Crippen LogP contribution in [0.1, 0.15) is 11.1 Å². The lowest BCUT2D eigenvalue weighted by molar-refractivity contribution is 0.0213. The molecule has 1 aromatic heterocycles. The number of morpholine rings is 1. The van der Waals surface area contributed by atoms with Crippen molar-refractivity contribution in [3.05, 3.63) is 58.1 Å². The smallest absolute Gasteiger partial charge is 0.201 e. The molecule has 2 aliphatic heterocycles. The summed E-state index contributed by atoms with van der Waals surface area (Å²) in [4.78, 5) is 12.9. The number of aromatic hydroxyl groups is 1. The lowest BCUT2D eigenvalue weighted by Crippen LogP contribution is -2.38. The van der Waals surface area contributed by atoms with Crippen molar-refractivity contribution in [3.8, 4) is 5.88 Å². The number of rotatable bonds is 5. The Labute approximate surface area is 188 Å². The number of hydrogen-bond acceptors (Lipinski definition) is 6. The summed E-state index contributed by atoms with van der Waals surface area (Å²) >= 11 is 3.60. The first kappa shape index (κ1) is 20.2. The Kier molecular flexibility index (Phi) is 5.52. The SMILES string of the molecule is Cn1c(O)c(C2=Nc3ccccc3/C2=N\OCCN2CCOCC2)c2cccc(Br)c21. The van der Waals surface area contributed by atoms with Crippen molar-refractivity contribution >= 4 is 43.9 Å². The van der Waals surface area contributed by atoms with Gasteiger partial charge in [0.25, 0.3) is 0 Å². The number of ether oxygens (including phenoxy) is 1. The van der Waals surface area contributed by atoms with Gasteiger partial charge in [0.1, 0.15) is 18.0 Å². The van der Waals surface area contributed by atoms with Gasteiger partial charge in [-0.2, -0.15) is 0 Å². The first-order chi connectivity index (χ1) is 15.1. The maximum atomic E-state index is 11.0. The zero-order valence-electron chi connectivity index (χ0n) is 17.2. The molecule has 8 heteroatoms. The Morgan fingerprint density at radius 2 is 1.97 bits per heavy atom. The topological polar surface area (TPSA) is 71.6 Å². The number of aryl methyl sites for hydroxylation is 1. The molecule has 5 rings (SSSR count). The first-order valence-corrected chi connectivity index (χ1v) is 11.1. The van der Waals surface area contributed by atoms with Crippen molar-refractivity contribution in [2.75, 3.05) is 39.5 Å². The number of oxime groups is 1. The van der Waals surface area contributed by atoms with Gasteiger partial charge in [0.05, 0.1) is 30.0 Å². The van der Waals surface area contributed by atoms with Gasteiger partial charge >= 0.3 is 0 Å². The largest absolute Gasteiger partial charge is 0.494 e. The second-order valence-corrected chi connectivity index (χ2v) is 8.45. The van der Waals surface area contributed by atoms with Crippen molar-refractivity contribution in [1.29, 1.82) is 0 Å². The van der Waals surface area contributed by atoms with Gasteiger partial charge in [-0.3, -0.25) is 4.90 Å². The Hall–Kier alpha value is -2.68. The molecule has 2 aliphatic rings. The van der Waals surface area contributed by atoms with Gasteiger partial charge in [0, 0.05) is 42.1 Å². The van der Waals surface area contributed by atoms with E-state index in [0.717, 1.165) is 59.5 Å². The average molecular weight is 483 g/mol. The number of aromatic nitrogens is 1. The van der Waals surface area contributed by atoms with Crippen molar-refractivity contribution < 1.29 is 14.7 Å².